The number of alkyl halides is 3. The lowest BCUT2D eigenvalue weighted by molar-refractivity contribution is -0.214. The number of imidazole rings is 1. The first kappa shape index (κ1) is 23.5. The Morgan fingerprint density at radius 1 is 1.09 bits per heavy atom. The van der Waals surface area contributed by atoms with Gasteiger partial charge in [-0.15, -0.1) is 0 Å². The van der Waals surface area contributed by atoms with Gasteiger partial charge in [0.25, 0.3) is 5.91 Å². The van der Waals surface area contributed by atoms with Gasteiger partial charge in [-0.2, -0.15) is 13.2 Å². The third kappa shape index (κ3) is 4.69. The van der Waals surface area contributed by atoms with Gasteiger partial charge in [0, 0.05) is 19.0 Å². The number of esters is 1. The number of ether oxygens (including phenoxy) is 1. The summed E-state index contributed by atoms with van der Waals surface area (Å²) < 4.78 is 45.4. The van der Waals surface area contributed by atoms with Crippen LogP contribution >= 0.6 is 0 Å². The molecule has 0 saturated heterocycles. The van der Waals surface area contributed by atoms with Gasteiger partial charge in [0.15, 0.2) is 5.60 Å². The van der Waals surface area contributed by atoms with Gasteiger partial charge in [0.2, 0.25) is 0 Å². The minimum atomic E-state index is -5.18. The highest BCUT2D eigenvalue weighted by molar-refractivity contribution is 5.89. The highest BCUT2D eigenvalue weighted by Gasteiger charge is 2.54. The maximum Gasteiger partial charge on any atom is 0.490 e. The van der Waals surface area contributed by atoms with Gasteiger partial charge in [0.05, 0.1) is 18.2 Å². The largest absolute Gasteiger partial charge is 0.490 e. The van der Waals surface area contributed by atoms with E-state index in [1.165, 1.54) is 0 Å². The van der Waals surface area contributed by atoms with E-state index in [1.54, 1.807) is 19.4 Å². The molecule has 0 unspecified atom stereocenters. The summed E-state index contributed by atoms with van der Waals surface area (Å²) in [5, 5.41) is 2.51. The number of likely N-dealkylation sites (N-methyl/N-ethyl adjacent to an activating group) is 1. The fourth-order valence-electron chi connectivity index (χ4n) is 4.41. The van der Waals surface area contributed by atoms with Gasteiger partial charge in [0.1, 0.15) is 0 Å². The highest BCUT2D eigenvalue weighted by atomic mass is 19.4. The molecule has 6 nitrogen and oxygen atoms in total. The van der Waals surface area contributed by atoms with E-state index in [0.29, 0.717) is 6.42 Å². The molecule has 4 rings (SSSR count). The van der Waals surface area contributed by atoms with Crippen LogP contribution in [-0.2, 0) is 14.3 Å². The fourth-order valence-corrected chi connectivity index (χ4v) is 4.41. The Morgan fingerprint density at radius 3 is 2.38 bits per heavy atom. The molecule has 0 spiro atoms. The number of nitrogens with one attached hydrogen (secondary N) is 1. The van der Waals surface area contributed by atoms with Crippen molar-refractivity contribution in [1.82, 2.24) is 14.9 Å². The summed E-state index contributed by atoms with van der Waals surface area (Å²) >= 11 is 0. The second-order valence-electron chi connectivity index (χ2n) is 8.27. The summed E-state index contributed by atoms with van der Waals surface area (Å²) in [6.07, 6.45) is -1.66. The number of carbonyl (C=O) groups excluding carboxylic acids is 2. The summed E-state index contributed by atoms with van der Waals surface area (Å²) in [7, 11) is 0. The van der Waals surface area contributed by atoms with Crippen LogP contribution in [-0.4, -0.2) is 39.7 Å². The molecule has 1 fully saturated rings. The van der Waals surface area contributed by atoms with E-state index in [9.17, 15) is 22.8 Å². The Kier molecular flexibility index (Phi) is 6.45. The van der Waals surface area contributed by atoms with Gasteiger partial charge in [-0.05, 0) is 36.5 Å². The van der Waals surface area contributed by atoms with E-state index in [4.69, 9.17) is 4.74 Å². The predicted octanol–water partition coefficient (Wildman–Crippen LogP) is 4.92. The molecule has 9 heteroatoms. The SMILES string of the molecule is CCNC(=O)[C@]1(OC(=O)C(F)(F)F)CC[C@@H](n2cncc2-c2ccc(-c3ccccc3)cc2)C1. The van der Waals surface area contributed by atoms with E-state index in [2.05, 4.69) is 10.3 Å². The van der Waals surface area contributed by atoms with Gasteiger partial charge in [-0.25, -0.2) is 9.78 Å². The second-order valence-corrected chi connectivity index (χ2v) is 8.27. The van der Waals surface area contributed by atoms with Crippen molar-refractivity contribution >= 4 is 11.9 Å². The maximum absolute atomic E-state index is 12.9. The lowest BCUT2D eigenvalue weighted by atomic mass is 10.00. The maximum atomic E-state index is 12.9. The molecule has 1 aromatic heterocycles. The van der Waals surface area contributed by atoms with E-state index in [0.717, 1.165) is 22.4 Å². The van der Waals surface area contributed by atoms with Crippen molar-refractivity contribution in [2.75, 3.05) is 6.54 Å². The van der Waals surface area contributed by atoms with Crippen molar-refractivity contribution < 1.29 is 27.5 Å². The van der Waals surface area contributed by atoms with Crippen molar-refractivity contribution in [1.29, 1.82) is 0 Å². The molecule has 2 aromatic carbocycles. The van der Waals surface area contributed by atoms with Crippen LogP contribution in [0.4, 0.5) is 13.2 Å². The highest BCUT2D eigenvalue weighted by Crippen LogP contribution is 2.43. The third-order valence-electron chi connectivity index (χ3n) is 6.06. The molecule has 1 N–H and O–H groups in total. The van der Waals surface area contributed by atoms with E-state index in [-0.39, 0.29) is 25.4 Å². The van der Waals surface area contributed by atoms with Gasteiger partial charge in [-0.3, -0.25) is 4.79 Å². The van der Waals surface area contributed by atoms with E-state index < -0.39 is 23.7 Å². The monoisotopic (exact) mass is 471 g/mol. The van der Waals surface area contributed by atoms with E-state index in [1.807, 2.05) is 59.2 Å². The van der Waals surface area contributed by atoms with E-state index >= 15 is 0 Å². The summed E-state index contributed by atoms with van der Waals surface area (Å²) in [4.78, 5) is 28.5. The first-order chi connectivity index (χ1) is 16.2. The average molecular weight is 471 g/mol. The second kappa shape index (κ2) is 9.32. The minimum Gasteiger partial charge on any atom is -0.442 e. The summed E-state index contributed by atoms with van der Waals surface area (Å²) in [6, 6.07) is 17.4. The molecule has 34 heavy (non-hydrogen) atoms. The van der Waals surface area contributed by atoms with Crippen LogP contribution in [0.2, 0.25) is 0 Å². The van der Waals surface area contributed by atoms with Gasteiger partial charge < -0.3 is 14.6 Å². The van der Waals surface area contributed by atoms with Crippen molar-refractivity contribution in [3.63, 3.8) is 0 Å². The Bertz CT molecular complexity index is 1160. The molecule has 0 radical (unpaired) electrons. The van der Waals surface area contributed by atoms with Crippen molar-refractivity contribution in [2.45, 2.75) is 44.0 Å². The quantitative estimate of drug-likeness (QED) is 0.518. The van der Waals surface area contributed by atoms with Crippen LogP contribution in [0.25, 0.3) is 22.4 Å². The number of halogens is 3. The fraction of sp³-hybridized carbons (Fsp3) is 0.320. The molecule has 1 aliphatic carbocycles. The molecule has 1 saturated carbocycles. The Balaban J connectivity index is 1.59. The lowest BCUT2D eigenvalue weighted by Crippen LogP contribution is -2.50. The Morgan fingerprint density at radius 2 is 1.74 bits per heavy atom. The number of carbonyl (C=O) groups is 2. The molecule has 1 heterocycles. The minimum absolute atomic E-state index is 0.0180. The van der Waals surface area contributed by atoms with Crippen molar-refractivity contribution in [3.8, 4) is 22.4 Å². The lowest BCUT2D eigenvalue weighted by Gasteiger charge is -2.28. The number of benzene rings is 2. The molecule has 2 atom stereocenters. The Hall–Kier alpha value is -3.62. The van der Waals surface area contributed by atoms with Crippen LogP contribution in [0.3, 0.4) is 0 Å². The zero-order valence-electron chi connectivity index (χ0n) is 18.5. The van der Waals surface area contributed by atoms with Crippen molar-refractivity contribution in [2.24, 2.45) is 0 Å². The first-order valence-electron chi connectivity index (χ1n) is 11.0. The van der Waals surface area contributed by atoms with Crippen LogP contribution in [0.15, 0.2) is 67.1 Å². The zero-order valence-corrected chi connectivity index (χ0v) is 18.5. The molecular weight excluding hydrogens is 447 g/mol. The molecule has 3 aromatic rings. The summed E-state index contributed by atoms with van der Waals surface area (Å²) in [6.45, 7) is 1.86. The topological polar surface area (TPSA) is 73.2 Å². The number of hydrogen-bond donors (Lipinski definition) is 1. The van der Waals surface area contributed by atoms with Gasteiger partial charge in [-0.1, -0.05) is 54.6 Å². The average Bonchev–Trinajstić information content (AvgIpc) is 3.47. The van der Waals surface area contributed by atoms with Crippen LogP contribution < -0.4 is 5.32 Å². The molecule has 178 valence electrons. The van der Waals surface area contributed by atoms with Crippen LogP contribution in [0.5, 0.6) is 0 Å². The normalized spacial score (nSPS) is 20.2. The molecule has 0 bridgehead atoms. The summed E-state index contributed by atoms with van der Waals surface area (Å²) in [5.74, 6) is -3.08. The molecule has 0 aliphatic heterocycles. The first-order valence-corrected chi connectivity index (χ1v) is 11.0. The molecular formula is C25H24F3N3O3. The number of rotatable bonds is 6. The smallest absolute Gasteiger partial charge is 0.442 e. The number of nitrogens with zero attached hydrogens (tertiary/aromatic N) is 2. The molecule has 1 amide bonds. The Labute approximate surface area is 194 Å². The number of aromatic nitrogens is 2. The summed E-state index contributed by atoms with van der Waals surface area (Å²) in [5.41, 5.74) is 1.88. The predicted molar refractivity (Wildman–Crippen MR) is 120 cm³/mol. The standard InChI is InChI=1S/C25H24F3N3O3/c1-2-30-22(32)24(34-23(33)25(26,27)28)13-12-20(14-24)31-16-29-15-21(31)19-10-8-18(9-11-19)17-6-4-3-5-7-17/h3-11,15-16,20H,2,12-14H2,1H3,(H,30,32)/t20-,24+/m1/s1. The number of amides is 1. The van der Waals surface area contributed by atoms with Crippen LogP contribution in [0.1, 0.15) is 32.2 Å². The number of hydrogen-bond acceptors (Lipinski definition) is 4. The molecule has 1 aliphatic rings. The van der Waals surface area contributed by atoms with Crippen molar-refractivity contribution in [3.05, 3.63) is 67.1 Å². The van der Waals surface area contributed by atoms with Gasteiger partial charge >= 0.3 is 12.1 Å². The van der Waals surface area contributed by atoms with Crippen LogP contribution in [0, 0.1) is 0 Å². The zero-order chi connectivity index (χ0) is 24.3. The third-order valence-corrected chi connectivity index (χ3v) is 6.06.